The zero-order valence-corrected chi connectivity index (χ0v) is 20.6. The molecule has 158 valence electrons. The quantitative estimate of drug-likeness (QED) is 0.248. The van der Waals surface area contributed by atoms with Gasteiger partial charge in [-0.15, -0.1) is 23.5 Å². The molecule has 0 aliphatic carbocycles. The largest absolute Gasteiger partial charge is 0.507 e. The van der Waals surface area contributed by atoms with Crippen LogP contribution in [0, 0.1) is 0 Å². The molecule has 0 radical (unpaired) electrons. The van der Waals surface area contributed by atoms with Crippen molar-refractivity contribution in [2.45, 2.75) is 88.0 Å². The highest BCUT2D eigenvalue weighted by atomic mass is 32.2. The van der Waals surface area contributed by atoms with Crippen molar-refractivity contribution in [3.63, 3.8) is 0 Å². The van der Waals surface area contributed by atoms with Crippen LogP contribution in [0.1, 0.15) is 79.4 Å². The molecule has 4 heteroatoms. The average Bonchev–Trinajstić information content (AvgIpc) is 2.54. The summed E-state index contributed by atoms with van der Waals surface area (Å²) in [4.78, 5) is 2.39. The highest BCUT2D eigenvalue weighted by molar-refractivity contribution is 8.20. The number of phenolic OH excluding ortho intramolecular Hbond substituents is 1. The Labute approximate surface area is 181 Å². The summed E-state index contributed by atoms with van der Waals surface area (Å²) in [5, 5.41) is 11.1. The van der Waals surface area contributed by atoms with Gasteiger partial charge in [0.2, 0.25) is 0 Å². The topological polar surface area (TPSA) is 46.2 Å². The van der Waals surface area contributed by atoms with Crippen molar-refractivity contribution in [3.8, 4) is 5.75 Å². The molecule has 0 saturated carbocycles. The van der Waals surface area contributed by atoms with Gasteiger partial charge in [-0.3, -0.25) is 0 Å². The Kier molecular flexibility index (Phi) is 8.80. The molecule has 0 atom stereocenters. The van der Waals surface area contributed by atoms with Crippen molar-refractivity contribution in [1.82, 2.24) is 0 Å². The van der Waals surface area contributed by atoms with Gasteiger partial charge in [-0.2, -0.15) is 0 Å². The molecule has 0 heterocycles. The second kappa shape index (κ2) is 9.77. The molecule has 0 spiro atoms. The number of nitrogens with two attached hydrogens (primary N) is 1. The van der Waals surface area contributed by atoms with Gasteiger partial charge < -0.3 is 10.8 Å². The molecule has 0 aromatic heterocycles. The van der Waals surface area contributed by atoms with Crippen LogP contribution in [0.15, 0.2) is 40.7 Å². The smallest absolute Gasteiger partial charge is 0.123 e. The standard InChI is InChI=1S/C24H39NOS2/c1-10-12-17(11-2)27-24(8,9)28-18-15-19(22(3,4)5)21(26)20(16-18)23(6,7)13-14-25/h11-12,15-16,26H,2,10,13-14,25H2,1,3-9H3/b17-12+. The maximum absolute atomic E-state index is 11.1. The molecule has 0 unspecified atom stereocenters. The summed E-state index contributed by atoms with van der Waals surface area (Å²) in [6.45, 7) is 21.9. The van der Waals surface area contributed by atoms with Crippen LogP contribution in [0.2, 0.25) is 0 Å². The van der Waals surface area contributed by atoms with E-state index in [-0.39, 0.29) is 14.9 Å². The van der Waals surface area contributed by atoms with E-state index in [2.05, 4.69) is 80.2 Å². The Morgan fingerprint density at radius 3 is 2.14 bits per heavy atom. The zero-order valence-electron chi connectivity index (χ0n) is 19.0. The number of rotatable bonds is 9. The van der Waals surface area contributed by atoms with Crippen LogP contribution in [0.3, 0.4) is 0 Å². The maximum atomic E-state index is 11.1. The fourth-order valence-electron chi connectivity index (χ4n) is 3.21. The first-order valence-corrected chi connectivity index (χ1v) is 11.7. The first-order valence-electron chi connectivity index (χ1n) is 10.1. The number of aromatic hydroxyl groups is 1. The van der Waals surface area contributed by atoms with Gasteiger partial charge in [-0.05, 0) is 56.2 Å². The molecule has 0 bridgehead atoms. The van der Waals surface area contributed by atoms with Crippen LogP contribution in [0.4, 0.5) is 0 Å². The van der Waals surface area contributed by atoms with E-state index in [9.17, 15) is 5.11 Å². The van der Waals surface area contributed by atoms with Crippen LogP contribution < -0.4 is 5.73 Å². The number of hydrogen-bond acceptors (Lipinski definition) is 4. The van der Waals surface area contributed by atoms with Gasteiger partial charge >= 0.3 is 0 Å². The van der Waals surface area contributed by atoms with Crippen LogP contribution in [-0.4, -0.2) is 15.7 Å². The summed E-state index contributed by atoms with van der Waals surface area (Å²) in [6.07, 6.45) is 5.98. The van der Waals surface area contributed by atoms with E-state index in [0.29, 0.717) is 12.3 Å². The normalized spacial score (nSPS) is 13.7. The number of allylic oxidation sites excluding steroid dienone is 2. The first-order chi connectivity index (χ1) is 12.8. The highest BCUT2D eigenvalue weighted by Crippen LogP contribution is 2.49. The Hall–Kier alpha value is -0.840. The molecule has 0 aliphatic heterocycles. The van der Waals surface area contributed by atoms with E-state index in [1.807, 2.05) is 29.6 Å². The fraction of sp³-hybridized carbons (Fsp3) is 0.583. The van der Waals surface area contributed by atoms with Crippen LogP contribution in [0.25, 0.3) is 0 Å². The lowest BCUT2D eigenvalue weighted by atomic mass is 9.77. The molecular formula is C24H39NOS2. The SMILES string of the molecule is C=C/C(=C\CC)SC(C)(C)Sc1cc(C(C)(C)C)c(O)c(C(C)(C)CCN)c1. The third kappa shape index (κ3) is 6.89. The zero-order chi connectivity index (χ0) is 21.8. The lowest BCUT2D eigenvalue weighted by Gasteiger charge is -2.32. The van der Waals surface area contributed by atoms with Gasteiger partial charge in [0.15, 0.2) is 0 Å². The number of thioether (sulfide) groups is 2. The maximum Gasteiger partial charge on any atom is 0.123 e. The van der Waals surface area contributed by atoms with Gasteiger partial charge in [0.25, 0.3) is 0 Å². The molecule has 1 rings (SSSR count). The van der Waals surface area contributed by atoms with Gasteiger partial charge in [-0.1, -0.05) is 60.3 Å². The molecule has 0 amide bonds. The van der Waals surface area contributed by atoms with E-state index in [1.54, 1.807) is 0 Å². The predicted molar refractivity (Wildman–Crippen MR) is 130 cm³/mol. The van der Waals surface area contributed by atoms with E-state index >= 15 is 0 Å². The molecule has 3 N–H and O–H groups in total. The second-order valence-electron chi connectivity index (χ2n) is 9.36. The molecule has 0 aliphatic rings. The van der Waals surface area contributed by atoms with Crippen molar-refractivity contribution in [2.75, 3.05) is 6.54 Å². The summed E-state index contributed by atoms with van der Waals surface area (Å²) < 4.78 is -0.0589. The monoisotopic (exact) mass is 421 g/mol. The molecule has 1 aromatic rings. The third-order valence-electron chi connectivity index (χ3n) is 4.72. The van der Waals surface area contributed by atoms with E-state index < -0.39 is 0 Å². The van der Waals surface area contributed by atoms with Gasteiger partial charge in [0.1, 0.15) is 5.75 Å². The number of hydrogen-bond donors (Lipinski definition) is 2. The summed E-state index contributed by atoms with van der Waals surface area (Å²) in [5.74, 6) is 0.415. The Balaban J connectivity index is 3.43. The van der Waals surface area contributed by atoms with Crippen molar-refractivity contribution in [3.05, 3.63) is 46.9 Å². The third-order valence-corrected chi connectivity index (χ3v) is 7.25. The fourth-order valence-corrected chi connectivity index (χ4v) is 5.77. The van der Waals surface area contributed by atoms with Crippen molar-refractivity contribution >= 4 is 23.5 Å². The van der Waals surface area contributed by atoms with Crippen molar-refractivity contribution < 1.29 is 5.11 Å². The van der Waals surface area contributed by atoms with Gasteiger partial charge in [-0.25, -0.2) is 0 Å². The van der Waals surface area contributed by atoms with Crippen LogP contribution in [-0.2, 0) is 10.8 Å². The predicted octanol–water partition coefficient (Wildman–Crippen LogP) is 7.36. The van der Waals surface area contributed by atoms with Gasteiger partial charge in [0, 0.05) is 20.9 Å². The minimum Gasteiger partial charge on any atom is -0.507 e. The van der Waals surface area contributed by atoms with E-state index in [1.165, 1.54) is 9.80 Å². The lowest BCUT2D eigenvalue weighted by molar-refractivity contribution is 0.405. The molecule has 0 saturated heterocycles. The van der Waals surface area contributed by atoms with E-state index in [0.717, 1.165) is 24.0 Å². The summed E-state index contributed by atoms with van der Waals surface area (Å²) in [6, 6.07) is 4.31. The molecule has 2 nitrogen and oxygen atoms in total. The number of phenols is 1. The summed E-state index contributed by atoms with van der Waals surface area (Å²) >= 11 is 3.67. The van der Waals surface area contributed by atoms with Crippen LogP contribution >= 0.6 is 23.5 Å². The highest BCUT2D eigenvalue weighted by Gasteiger charge is 2.30. The van der Waals surface area contributed by atoms with Crippen molar-refractivity contribution in [2.24, 2.45) is 5.73 Å². The average molecular weight is 422 g/mol. The first kappa shape index (κ1) is 25.2. The molecule has 1 aromatic carbocycles. The Morgan fingerprint density at radius 1 is 1.11 bits per heavy atom. The minimum absolute atomic E-state index is 0.0589. The number of benzene rings is 1. The molecule has 0 fully saturated rings. The van der Waals surface area contributed by atoms with E-state index in [4.69, 9.17) is 5.73 Å². The summed E-state index contributed by atoms with van der Waals surface area (Å²) in [5.41, 5.74) is 7.52. The molecular weight excluding hydrogens is 382 g/mol. The minimum atomic E-state index is -0.179. The second-order valence-corrected chi connectivity index (χ2v) is 13.0. The molecule has 28 heavy (non-hydrogen) atoms. The van der Waals surface area contributed by atoms with Crippen molar-refractivity contribution in [1.29, 1.82) is 0 Å². The van der Waals surface area contributed by atoms with Crippen LogP contribution in [0.5, 0.6) is 5.75 Å². The Bertz CT molecular complexity index is 712. The lowest BCUT2D eigenvalue weighted by Crippen LogP contribution is -2.23. The summed E-state index contributed by atoms with van der Waals surface area (Å²) in [7, 11) is 0. The Morgan fingerprint density at radius 2 is 1.68 bits per heavy atom. The van der Waals surface area contributed by atoms with Gasteiger partial charge in [0.05, 0.1) is 4.08 Å².